The van der Waals surface area contributed by atoms with Gasteiger partial charge in [-0.25, -0.2) is 14.8 Å². The topological polar surface area (TPSA) is 87.2 Å². The molecule has 2 fully saturated rings. The van der Waals surface area contributed by atoms with Crippen LogP contribution in [-0.2, 0) is 14.4 Å². The molecule has 2 amide bonds. The number of carbonyl (C=O) groups excluding carboxylic acids is 2. The van der Waals surface area contributed by atoms with E-state index in [2.05, 4.69) is 0 Å². The third-order valence-corrected chi connectivity index (χ3v) is 5.96. The molecule has 2 aliphatic rings. The van der Waals surface area contributed by atoms with Gasteiger partial charge in [0, 0.05) is 5.02 Å². The van der Waals surface area contributed by atoms with E-state index in [9.17, 15) is 14.4 Å². The van der Waals surface area contributed by atoms with Crippen LogP contribution in [0.1, 0.15) is 22.0 Å². The molecular weight excluding hydrogens is 432 g/mol. The lowest BCUT2D eigenvalue weighted by atomic mass is 9.90. The van der Waals surface area contributed by atoms with Crippen LogP contribution in [-0.4, -0.2) is 29.0 Å². The molecule has 1 N–H and O–H groups in total. The van der Waals surface area contributed by atoms with Crippen molar-refractivity contribution < 1.29 is 24.3 Å². The number of amides is 2. The van der Waals surface area contributed by atoms with Crippen LogP contribution in [0.4, 0.5) is 11.4 Å². The second kappa shape index (κ2) is 7.78. The highest BCUT2D eigenvalue weighted by Crippen LogP contribution is 2.47. The standard InChI is InChI=1S/C24H17ClN2O5/c25-16-10-6-14(7-11-16)20-19-21(32-27(20)18-4-2-1-3-5-18)23(29)26(22(19)28)17-12-8-15(9-13-17)24(30)31/h1-13,19-21H,(H,30,31)/t19-,20-,21+/m0/s1. The van der Waals surface area contributed by atoms with Crippen molar-refractivity contribution in [3.63, 3.8) is 0 Å². The molecule has 0 aliphatic carbocycles. The van der Waals surface area contributed by atoms with E-state index in [1.807, 2.05) is 42.5 Å². The van der Waals surface area contributed by atoms with Gasteiger partial charge in [0.25, 0.3) is 5.91 Å². The Labute approximate surface area is 188 Å². The van der Waals surface area contributed by atoms with E-state index in [0.29, 0.717) is 10.7 Å². The summed E-state index contributed by atoms with van der Waals surface area (Å²) < 4.78 is 0. The highest BCUT2D eigenvalue weighted by Gasteiger charge is 2.60. The monoisotopic (exact) mass is 448 g/mol. The smallest absolute Gasteiger partial charge is 0.335 e. The Balaban J connectivity index is 1.55. The first-order valence-electron chi connectivity index (χ1n) is 9.93. The van der Waals surface area contributed by atoms with Crippen molar-refractivity contribution in [3.05, 3.63) is 95.0 Å². The molecule has 3 aromatic carbocycles. The maximum absolute atomic E-state index is 13.5. The largest absolute Gasteiger partial charge is 0.478 e. The number of carbonyl (C=O) groups is 3. The van der Waals surface area contributed by atoms with Crippen molar-refractivity contribution in [1.29, 1.82) is 0 Å². The number of anilines is 2. The molecule has 2 heterocycles. The zero-order valence-corrected chi connectivity index (χ0v) is 17.3. The molecule has 160 valence electrons. The Bertz CT molecular complexity index is 1200. The van der Waals surface area contributed by atoms with E-state index in [4.69, 9.17) is 21.5 Å². The van der Waals surface area contributed by atoms with Crippen LogP contribution in [0.5, 0.6) is 0 Å². The van der Waals surface area contributed by atoms with Crippen molar-refractivity contribution in [2.75, 3.05) is 9.96 Å². The number of fused-ring (bicyclic) bond motifs is 1. The second-order valence-electron chi connectivity index (χ2n) is 7.57. The fourth-order valence-corrected chi connectivity index (χ4v) is 4.35. The fourth-order valence-electron chi connectivity index (χ4n) is 4.22. The van der Waals surface area contributed by atoms with Gasteiger partial charge in [-0.15, -0.1) is 0 Å². The van der Waals surface area contributed by atoms with Crippen molar-refractivity contribution in [1.82, 2.24) is 0 Å². The zero-order valence-electron chi connectivity index (χ0n) is 16.6. The van der Waals surface area contributed by atoms with E-state index >= 15 is 0 Å². The second-order valence-corrected chi connectivity index (χ2v) is 8.01. The van der Waals surface area contributed by atoms with Gasteiger partial charge in [0.2, 0.25) is 5.91 Å². The van der Waals surface area contributed by atoms with Gasteiger partial charge in [-0.1, -0.05) is 41.9 Å². The van der Waals surface area contributed by atoms with Crippen LogP contribution in [0.2, 0.25) is 5.02 Å². The highest BCUT2D eigenvalue weighted by molar-refractivity contribution is 6.30. The summed E-state index contributed by atoms with van der Waals surface area (Å²) in [6.45, 7) is 0. The van der Waals surface area contributed by atoms with E-state index < -0.39 is 35.8 Å². The molecule has 0 aromatic heterocycles. The van der Waals surface area contributed by atoms with E-state index in [1.54, 1.807) is 17.2 Å². The van der Waals surface area contributed by atoms with Crippen LogP contribution in [0.25, 0.3) is 0 Å². The number of rotatable bonds is 4. The lowest BCUT2D eigenvalue weighted by Gasteiger charge is -2.28. The molecule has 0 radical (unpaired) electrons. The molecule has 2 aliphatic heterocycles. The minimum absolute atomic E-state index is 0.0681. The normalized spacial score (nSPS) is 22.3. The van der Waals surface area contributed by atoms with Gasteiger partial charge in [0.05, 0.1) is 23.0 Å². The number of aromatic carboxylic acids is 1. The summed E-state index contributed by atoms with van der Waals surface area (Å²) in [5.41, 5.74) is 1.89. The van der Waals surface area contributed by atoms with E-state index in [-0.39, 0.29) is 5.56 Å². The first kappa shape index (κ1) is 20.2. The third kappa shape index (κ3) is 3.23. The molecule has 0 spiro atoms. The number of carboxylic acid groups (broad SMARTS) is 1. The predicted molar refractivity (Wildman–Crippen MR) is 117 cm³/mol. The number of hydrogen-bond acceptors (Lipinski definition) is 5. The third-order valence-electron chi connectivity index (χ3n) is 5.71. The molecule has 5 rings (SSSR count). The Morgan fingerprint density at radius 1 is 0.844 bits per heavy atom. The van der Waals surface area contributed by atoms with Gasteiger partial charge in [-0.2, -0.15) is 0 Å². The SMILES string of the molecule is O=C(O)c1ccc(N2C(=O)[C@@H]3[C@@H](ON(c4ccccc4)[C@H]3c3ccc(Cl)cc3)C2=O)cc1. The van der Waals surface area contributed by atoms with Gasteiger partial charge in [-0.3, -0.25) is 14.4 Å². The van der Waals surface area contributed by atoms with Crippen molar-refractivity contribution in [3.8, 4) is 0 Å². The van der Waals surface area contributed by atoms with Crippen molar-refractivity contribution >= 4 is 40.8 Å². The lowest BCUT2D eigenvalue weighted by molar-refractivity contribution is -0.126. The lowest BCUT2D eigenvalue weighted by Crippen LogP contribution is -2.37. The van der Waals surface area contributed by atoms with Gasteiger partial charge >= 0.3 is 5.97 Å². The Morgan fingerprint density at radius 3 is 2.12 bits per heavy atom. The summed E-state index contributed by atoms with van der Waals surface area (Å²) in [7, 11) is 0. The van der Waals surface area contributed by atoms with Crippen LogP contribution >= 0.6 is 11.6 Å². The molecule has 32 heavy (non-hydrogen) atoms. The molecule has 3 aromatic rings. The fraction of sp³-hybridized carbons (Fsp3) is 0.125. The van der Waals surface area contributed by atoms with Crippen LogP contribution in [0.3, 0.4) is 0 Å². The summed E-state index contributed by atoms with van der Waals surface area (Å²) in [5.74, 6) is -2.75. The molecule has 2 saturated heterocycles. The number of halogens is 1. The number of hydrogen-bond donors (Lipinski definition) is 1. The highest BCUT2D eigenvalue weighted by atomic mass is 35.5. The minimum Gasteiger partial charge on any atom is -0.478 e. The van der Waals surface area contributed by atoms with Crippen LogP contribution in [0.15, 0.2) is 78.9 Å². The van der Waals surface area contributed by atoms with Gasteiger partial charge in [0.15, 0.2) is 6.10 Å². The Morgan fingerprint density at radius 2 is 1.50 bits per heavy atom. The maximum Gasteiger partial charge on any atom is 0.335 e. The van der Waals surface area contributed by atoms with Gasteiger partial charge < -0.3 is 5.11 Å². The van der Waals surface area contributed by atoms with Crippen LogP contribution in [0, 0.1) is 5.92 Å². The molecule has 0 unspecified atom stereocenters. The molecular formula is C24H17ClN2O5. The molecule has 3 atom stereocenters. The van der Waals surface area contributed by atoms with Crippen molar-refractivity contribution in [2.24, 2.45) is 5.92 Å². The zero-order chi connectivity index (χ0) is 22.4. The molecule has 8 heteroatoms. The molecule has 0 bridgehead atoms. The van der Waals surface area contributed by atoms with Gasteiger partial charge in [-0.05, 0) is 54.1 Å². The molecule has 7 nitrogen and oxygen atoms in total. The minimum atomic E-state index is -1.09. The summed E-state index contributed by atoms with van der Waals surface area (Å²) in [4.78, 5) is 45.0. The summed E-state index contributed by atoms with van der Waals surface area (Å²) >= 11 is 6.06. The maximum atomic E-state index is 13.5. The van der Waals surface area contributed by atoms with E-state index in [0.717, 1.165) is 16.2 Å². The first-order valence-corrected chi connectivity index (χ1v) is 10.3. The van der Waals surface area contributed by atoms with Gasteiger partial charge in [0.1, 0.15) is 5.92 Å². The van der Waals surface area contributed by atoms with E-state index in [1.165, 1.54) is 24.3 Å². The molecule has 0 saturated carbocycles. The Kier molecular flexibility index (Phi) is 4.92. The summed E-state index contributed by atoms with van der Waals surface area (Å²) in [6.07, 6.45) is -0.998. The number of benzene rings is 3. The summed E-state index contributed by atoms with van der Waals surface area (Å²) in [6, 6.07) is 21.5. The number of para-hydroxylation sites is 1. The quantitative estimate of drug-likeness (QED) is 0.605. The number of hydroxylamine groups is 1. The predicted octanol–water partition coefficient (Wildman–Crippen LogP) is 4.09. The number of imide groups is 1. The average molecular weight is 449 g/mol. The Hall–Kier alpha value is -3.68. The average Bonchev–Trinajstić information content (AvgIpc) is 3.31. The van der Waals surface area contributed by atoms with Crippen molar-refractivity contribution in [2.45, 2.75) is 12.1 Å². The number of carboxylic acids is 1. The number of nitrogens with zero attached hydrogens (tertiary/aromatic N) is 2. The summed E-state index contributed by atoms with van der Waals surface area (Å²) in [5, 5.41) is 11.3. The van der Waals surface area contributed by atoms with Crippen LogP contribution < -0.4 is 9.96 Å². The first-order chi connectivity index (χ1) is 15.5.